The number of hydrogen-bond donors (Lipinski definition) is 0. The predicted octanol–water partition coefficient (Wildman–Crippen LogP) is 0.422. The first kappa shape index (κ1) is 10.9. The molecule has 1 aromatic rings. The molecule has 1 aliphatic rings. The summed E-state index contributed by atoms with van der Waals surface area (Å²) in [5, 5.41) is 0.0132. The fraction of sp³-hybridized carbons (Fsp3) is 0.625. The molecule has 0 N–H and O–H groups in total. The highest BCUT2D eigenvalue weighted by molar-refractivity contribution is 7.89. The molecule has 0 spiro atoms. The molecule has 0 saturated carbocycles. The van der Waals surface area contributed by atoms with Crippen molar-refractivity contribution in [1.29, 1.82) is 0 Å². The Morgan fingerprint density at radius 1 is 1.60 bits per heavy atom. The van der Waals surface area contributed by atoms with Gasteiger partial charge in [-0.15, -0.1) is 11.6 Å². The van der Waals surface area contributed by atoms with E-state index in [2.05, 4.69) is 4.98 Å². The Morgan fingerprint density at radius 2 is 2.33 bits per heavy atom. The average Bonchev–Trinajstić information content (AvgIpc) is 2.74. The van der Waals surface area contributed by atoms with Crippen molar-refractivity contribution in [2.75, 3.05) is 13.1 Å². The van der Waals surface area contributed by atoms with E-state index in [0.29, 0.717) is 19.5 Å². The minimum absolute atomic E-state index is 0.0801. The monoisotopic (exact) mass is 249 g/mol. The number of aromatic nitrogens is 2. The van der Waals surface area contributed by atoms with Gasteiger partial charge in [0.1, 0.15) is 0 Å². The van der Waals surface area contributed by atoms with E-state index in [1.54, 1.807) is 11.6 Å². The van der Waals surface area contributed by atoms with Gasteiger partial charge in [-0.2, -0.15) is 4.31 Å². The van der Waals surface area contributed by atoms with Gasteiger partial charge in [0.05, 0.1) is 6.33 Å². The van der Waals surface area contributed by atoms with Gasteiger partial charge >= 0.3 is 0 Å². The lowest BCUT2D eigenvalue weighted by atomic mass is 10.4. The molecule has 1 aliphatic heterocycles. The summed E-state index contributed by atoms with van der Waals surface area (Å²) < 4.78 is 27.0. The SMILES string of the molecule is Cn1cnc(S(=O)(=O)N2CCC(Cl)C2)c1. The number of aryl methyl sites for hydroxylation is 1. The average molecular weight is 250 g/mol. The maximum absolute atomic E-state index is 12.0. The minimum Gasteiger partial charge on any atom is -0.339 e. The quantitative estimate of drug-likeness (QED) is 0.714. The molecule has 1 aromatic heterocycles. The number of rotatable bonds is 2. The normalized spacial score (nSPS) is 23.5. The van der Waals surface area contributed by atoms with E-state index in [-0.39, 0.29) is 10.4 Å². The van der Waals surface area contributed by atoms with Crippen LogP contribution in [0.5, 0.6) is 0 Å². The number of hydrogen-bond acceptors (Lipinski definition) is 3. The van der Waals surface area contributed by atoms with Crippen molar-refractivity contribution in [3.63, 3.8) is 0 Å². The Hall–Kier alpha value is -0.590. The highest BCUT2D eigenvalue weighted by Crippen LogP contribution is 2.22. The van der Waals surface area contributed by atoms with Crippen LogP contribution in [0.3, 0.4) is 0 Å². The molecule has 7 heteroatoms. The second kappa shape index (κ2) is 3.77. The Morgan fingerprint density at radius 3 is 2.80 bits per heavy atom. The summed E-state index contributed by atoms with van der Waals surface area (Å²) in [6, 6.07) is 0. The molecule has 5 nitrogen and oxygen atoms in total. The van der Waals surface area contributed by atoms with Gasteiger partial charge in [-0.1, -0.05) is 0 Å². The van der Waals surface area contributed by atoms with Gasteiger partial charge in [0.15, 0.2) is 5.03 Å². The summed E-state index contributed by atoms with van der Waals surface area (Å²) in [7, 11) is -1.70. The second-order valence-electron chi connectivity index (χ2n) is 3.63. The maximum atomic E-state index is 12.0. The molecule has 0 aliphatic carbocycles. The van der Waals surface area contributed by atoms with E-state index in [9.17, 15) is 8.42 Å². The van der Waals surface area contributed by atoms with Crippen molar-refractivity contribution in [2.24, 2.45) is 7.05 Å². The van der Waals surface area contributed by atoms with Gasteiger partial charge in [-0.25, -0.2) is 13.4 Å². The van der Waals surface area contributed by atoms with Crippen molar-refractivity contribution in [3.05, 3.63) is 12.5 Å². The molecule has 0 amide bonds. The third-order valence-corrected chi connectivity index (χ3v) is 4.49. The standard InChI is InChI=1S/C8H12ClN3O2S/c1-11-5-8(10-6-11)15(13,14)12-3-2-7(9)4-12/h5-7H,2-4H2,1H3. The third-order valence-electron chi connectivity index (χ3n) is 2.38. The zero-order valence-electron chi connectivity index (χ0n) is 8.30. The summed E-state index contributed by atoms with van der Waals surface area (Å²) in [6.07, 6.45) is 3.67. The van der Waals surface area contributed by atoms with Crippen LogP contribution >= 0.6 is 11.6 Å². The van der Waals surface area contributed by atoms with Crippen molar-refractivity contribution in [3.8, 4) is 0 Å². The van der Waals surface area contributed by atoms with Crippen LogP contribution in [0.4, 0.5) is 0 Å². The largest absolute Gasteiger partial charge is 0.339 e. The second-order valence-corrected chi connectivity index (χ2v) is 6.13. The van der Waals surface area contributed by atoms with Gasteiger partial charge in [-0.05, 0) is 6.42 Å². The molecular formula is C8H12ClN3O2S. The van der Waals surface area contributed by atoms with Crippen molar-refractivity contribution < 1.29 is 8.42 Å². The summed E-state index contributed by atoms with van der Waals surface area (Å²) in [5.74, 6) is 0. The summed E-state index contributed by atoms with van der Waals surface area (Å²) in [5.41, 5.74) is 0. The van der Waals surface area contributed by atoms with Crippen molar-refractivity contribution >= 4 is 21.6 Å². The van der Waals surface area contributed by atoms with Crippen LogP contribution in [0.25, 0.3) is 0 Å². The molecule has 1 atom stereocenters. The zero-order valence-corrected chi connectivity index (χ0v) is 9.87. The topological polar surface area (TPSA) is 55.2 Å². The predicted molar refractivity (Wildman–Crippen MR) is 56.2 cm³/mol. The lowest BCUT2D eigenvalue weighted by molar-refractivity contribution is 0.475. The van der Waals surface area contributed by atoms with Crippen molar-refractivity contribution in [1.82, 2.24) is 13.9 Å². The summed E-state index contributed by atoms with van der Waals surface area (Å²) in [6.45, 7) is 0.855. The van der Waals surface area contributed by atoms with E-state index in [4.69, 9.17) is 11.6 Å². The van der Waals surface area contributed by atoms with Gasteiger partial charge < -0.3 is 4.57 Å². The maximum Gasteiger partial charge on any atom is 0.262 e. The fourth-order valence-corrected chi connectivity index (χ4v) is 3.37. The van der Waals surface area contributed by atoms with Gasteiger partial charge in [0, 0.05) is 31.7 Å². The number of halogens is 1. The lowest BCUT2D eigenvalue weighted by Crippen LogP contribution is -2.29. The Labute approximate surface area is 93.7 Å². The molecule has 0 aromatic carbocycles. The first-order chi connectivity index (χ1) is 7.00. The smallest absolute Gasteiger partial charge is 0.262 e. The Kier molecular flexibility index (Phi) is 2.74. The molecule has 0 radical (unpaired) electrons. The number of nitrogens with zero attached hydrogens (tertiary/aromatic N) is 3. The molecule has 84 valence electrons. The van der Waals surface area contributed by atoms with Gasteiger partial charge in [0.2, 0.25) is 0 Å². The van der Waals surface area contributed by atoms with Crippen LogP contribution in [0.15, 0.2) is 17.6 Å². The molecule has 1 unspecified atom stereocenters. The molecule has 1 saturated heterocycles. The van der Waals surface area contributed by atoms with Crippen LogP contribution in [-0.4, -0.2) is 40.7 Å². The number of alkyl halides is 1. The molecule has 0 bridgehead atoms. The van der Waals surface area contributed by atoms with Crippen LogP contribution in [0, 0.1) is 0 Å². The van der Waals surface area contributed by atoms with Crippen LogP contribution in [-0.2, 0) is 17.1 Å². The summed E-state index contributed by atoms with van der Waals surface area (Å²) >= 11 is 5.87. The van der Waals surface area contributed by atoms with E-state index in [1.165, 1.54) is 16.8 Å². The van der Waals surface area contributed by atoms with Gasteiger partial charge in [-0.3, -0.25) is 0 Å². The number of imidazole rings is 1. The highest BCUT2D eigenvalue weighted by Gasteiger charge is 2.32. The van der Waals surface area contributed by atoms with E-state index in [0.717, 1.165) is 0 Å². The van der Waals surface area contributed by atoms with E-state index in [1.807, 2.05) is 0 Å². The minimum atomic E-state index is -3.43. The molecule has 1 fully saturated rings. The molecule has 15 heavy (non-hydrogen) atoms. The molecule has 2 rings (SSSR count). The number of sulfonamides is 1. The fourth-order valence-electron chi connectivity index (χ4n) is 1.56. The van der Waals surface area contributed by atoms with E-state index >= 15 is 0 Å². The Bertz CT molecular complexity index is 456. The van der Waals surface area contributed by atoms with Gasteiger partial charge in [0.25, 0.3) is 10.0 Å². The summed E-state index contributed by atoms with van der Waals surface area (Å²) in [4.78, 5) is 3.85. The van der Waals surface area contributed by atoms with Crippen LogP contribution in [0.2, 0.25) is 0 Å². The first-order valence-electron chi connectivity index (χ1n) is 4.62. The first-order valence-corrected chi connectivity index (χ1v) is 6.50. The molecule has 2 heterocycles. The lowest BCUT2D eigenvalue weighted by Gasteiger charge is -2.13. The third kappa shape index (κ3) is 2.02. The molecular weight excluding hydrogens is 238 g/mol. The van der Waals surface area contributed by atoms with E-state index < -0.39 is 10.0 Å². The van der Waals surface area contributed by atoms with Crippen molar-refractivity contribution in [2.45, 2.75) is 16.8 Å². The zero-order chi connectivity index (χ0) is 11.1. The van der Waals surface area contributed by atoms with Crippen LogP contribution < -0.4 is 0 Å². The van der Waals surface area contributed by atoms with Crippen LogP contribution in [0.1, 0.15) is 6.42 Å². The highest BCUT2D eigenvalue weighted by atomic mass is 35.5. The Balaban J connectivity index is 2.27.